The monoisotopic (exact) mass is 291 g/mol. The molecular formula is C15H14FNO2S. The lowest BCUT2D eigenvalue weighted by atomic mass is 10.1. The Bertz CT molecular complexity index is 631. The van der Waals surface area contributed by atoms with Crippen molar-refractivity contribution in [1.29, 1.82) is 0 Å². The number of para-hydroxylation sites is 1. The Morgan fingerprint density at radius 1 is 1.20 bits per heavy atom. The highest BCUT2D eigenvalue weighted by atomic mass is 32.1. The van der Waals surface area contributed by atoms with E-state index < -0.39 is 5.82 Å². The number of hydrogen-bond donors (Lipinski definition) is 2. The van der Waals surface area contributed by atoms with Gasteiger partial charge in [0.1, 0.15) is 22.3 Å². The zero-order valence-corrected chi connectivity index (χ0v) is 11.5. The SMILES string of the molecule is NC(=S)c1cc(F)ccc1Oc1ccccc1CCO. The van der Waals surface area contributed by atoms with Gasteiger partial charge in [0.05, 0.1) is 5.56 Å². The summed E-state index contributed by atoms with van der Waals surface area (Å²) in [5.74, 6) is 0.554. The Kier molecular flexibility index (Phi) is 4.65. The molecule has 20 heavy (non-hydrogen) atoms. The van der Waals surface area contributed by atoms with E-state index in [-0.39, 0.29) is 11.6 Å². The minimum atomic E-state index is -0.427. The Hall–Kier alpha value is -1.98. The molecule has 0 saturated heterocycles. The van der Waals surface area contributed by atoms with Crippen molar-refractivity contribution in [3.05, 3.63) is 59.4 Å². The molecule has 0 aromatic heterocycles. The van der Waals surface area contributed by atoms with Crippen LogP contribution in [0.1, 0.15) is 11.1 Å². The lowest BCUT2D eigenvalue weighted by Gasteiger charge is -2.13. The third-order valence-electron chi connectivity index (χ3n) is 2.78. The first-order valence-corrected chi connectivity index (χ1v) is 6.48. The van der Waals surface area contributed by atoms with Gasteiger partial charge < -0.3 is 15.6 Å². The molecule has 0 atom stereocenters. The van der Waals surface area contributed by atoms with Crippen LogP contribution in [0, 0.1) is 5.82 Å². The van der Waals surface area contributed by atoms with Crippen molar-refractivity contribution >= 4 is 17.2 Å². The fourth-order valence-corrected chi connectivity index (χ4v) is 1.99. The largest absolute Gasteiger partial charge is 0.456 e. The quantitative estimate of drug-likeness (QED) is 0.832. The van der Waals surface area contributed by atoms with Crippen molar-refractivity contribution < 1.29 is 14.2 Å². The van der Waals surface area contributed by atoms with Crippen LogP contribution in [-0.2, 0) is 6.42 Å². The smallest absolute Gasteiger partial charge is 0.137 e. The van der Waals surface area contributed by atoms with Crippen molar-refractivity contribution in [3.8, 4) is 11.5 Å². The lowest BCUT2D eigenvalue weighted by Crippen LogP contribution is -2.11. The summed E-state index contributed by atoms with van der Waals surface area (Å²) in [7, 11) is 0. The van der Waals surface area contributed by atoms with E-state index in [0.717, 1.165) is 5.56 Å². The van der Waals surface area contributed by atoms with E-state index in [1.165, 1.54) is 18.2 Å². The van der Waals surface area contributed by atoms with Gasteiger partial charge in [0, 0.05) is 6.61 Å². The predicted molar refractivity (Wildman–Crippen MR) is 79.6 cm³/mol. The Labute approximate surface area is 121 Å². The first-order valence-electron chi connectivity index (χ1n) is 6.08. The summed E-state index contributed by atoms with van der Waals surface area (Å²) in [4.78, 5) is 0.0686. The van der Waals surface area contributed by atoms with Crippen molar-refractivity contribution in [2.24, 2.45) is 5.73 Å². The van der Waals surface area contributed by atoms with Gasteiger partial charge in [0.2, 0.25) is 0 Å². The molecule has 0 fully saturated rings. The van der Waals surface area contributed by atoms with Gasteiger partial charge in [0.25, 0.3) is 0 Å². The topological polar surface area (TPSA) is 55.5 Å². The van der Waals surface area contributed by atoms with Crippen LogP contribution in [0.2, 0.25) is 0 Å². The molecule has 0 aliphatic rings. The molecule has 2 rings (SSSR count). The number of aliphatic hydroxyl groups is 1. The van der Waals surface area contributed by atoms with Gasteiger partial charge in [0.15, 0.2) is 0 Å². The highest BCUT2D eigenvalue weighted by molar-refractivity contribution is 7.80. The van der Waals surface area contributed by atoms with Gasteiger partial charge in [-0.05, 0) is 36.2 Å². The summed E-state index contributed by atoms with van der Waals surface area (Å²) in [6.45, 7) is 0.0198. The number of aliphatic hydroxyl groups excluding tert-OH is 1. The second-order valence-electron chi connectivity index (χ2n) is 4.19. The molecule has 0 spiro atoms. The number of hydrogen-bond acceptors (Lipinski definition) is 3. The molecule has 0 saturated carbocycles. The predicted octanol–water partition coefficient (Wildman–Crippen LogP) is 2.79. The fourth-order valence-electron chi connectivity index (χ4n) is 1.83. The molecule has 3 N–H and O–H groups in total. The molecule has 0 amide bonds. The minimum absolute atomic E-state index is 0.0198. The Morgan fingerprint density at radius 3 is 2.65 bits per heavy atom. The van der Waals surface area contributed by atoms with E-state index >= 15 is 0 Å². The van der Waals surface area contributed by atoms with Crippen LogP contribution in [0.25, 0.3) is 0 Å². The maximum Gasteiger partial charge on any atom is 0.137 e. The van der Waals surface area contributed by atoms with Crippen LogP contribution in [0.3, 0.4) is 0 Å². The van der Waals surface area contributed by atoms with Crippen LogP contribution in [0.5, 0.6) is 11.5 Å². The number of halogens is 1. The van der Waals surface area contributed by atoms with Gasteiger partial charge in [-0.2, -0.15) is 0 Å². The maximum atomic E-state index is 13.2. The van der Waals surface area contributed by atoms with Crippen LogP contribution in [0.15, 0.2) is 42.5 Å². The van der Waals surface area contributed by atoms with E-state index in [2.05, 4.69) is 0 Å². The summed E-state index contributed by atoms with van der Waals surface area (Å²) in [6, 6.07) is 11.3. The first kappa shape index (κ1) is 14.4. The van der Waals surface area contributed by atoms with E-state index in [1.54, 1.807) is 6.07 Å². The van der Waals surface area contributed by atoms with Crippen LogP contribution in [-0.4, -0.2) is 16.7 Å². The van der Waals surface area contributed by atoms with E-state index in [4.69, 9.17) is 27.8 Å². The number of benzene rings is 2. The van der Waals surface area contributed by atoms with Crippen LogP contribution >= 0.6 is 12.2 Å². The summed E-state index contributed by atoms with van der Waals surface area (Å²) in [5.41, 5.74) is 6.78. The van der Waals surface area contributed by atoms with Gasteiger partial charge in [-0.25, -0.2) is 4.39 Å². The molecule has 0 aliphatic heterocycles. The normalized spacial score (nSPS) is 10.3. The number of ether oxygens (including phenoxy) is 1. The average molecular weight is 291 g/mol. The standard InChI is InChI=1S/C15H14FNO2S/c16-11-5-6-14(12(9-11)15(17)20)19-13-4-2-1-3-10(13)7-8-18/h1-6,9,18H,7-8H2,(H2,17,20). The maximum absolute atomic E-state index is 13.2. The zero-order chi connectivity index (χ0) is 14.5. The minimum Gasteiger partial charge on any atom is -0.456 e. The van der Waals surface area contributed by atoms with Gasteiger partial charge in [-0.1, -0.05) is 30.4 Å². The highest BCUT2D eigenvalue weighted by Gasteiger charge is 2.11. The molecular weight excluding hydrogens is 277 g/mol. The molecule has 2 aromatic carbocycles. The molecule has 2 aromatic rings. The number of rotatable bonds is 5. The van der Waals surface area contributed by atoms with E-state index in [9.17, 15) is 4.39 Å². The third kappa shape index (κ3) is 3.31. The molecule has 3 nitrogen and oxygen atoms in total. The summed E-state index contributed by atoms with van der Waals surface area (Å²) < 4.78 is 19.0. The summed E-state index contributed by atoms with van der Waals surface area (Å²) in [5, 5.41) is 9.04. The number of thiocarbonyl (C=S) groups is 1. The number of nitrogens with two attached hydrogens (primary N) is 1. The van der Waals surface area contributed by atoms with Gasteiger partial charge in [-0.3, -0.25) is 0 Å². The van der Waals surface area contributed by atoms with Crippen LogP contribution in [0.4, 0.5) is 4.39 Å². The zero-order valence-electron chi connectivity index (χ0n) is 10.7. The second kappa shape index (κ2) is 6.45. The molecule has 0 radical (unpaired) electrons. The highest BCUT2D eigenvalue weighted by Crippen LogP contribution is 2.29. The van der Waals surface area contributed by atoms with Crippen molar-refractivity contribution in [2.45, 2.75) is 6.42 Å². The first-order chi connectivity index (χ1) is 9.61. The van der Waals surface area contributed by atoms with E-state index in [1.807, 2.05) is 18.2 Å². The molecule has 0 aliphatic carbocycles. The van der Waals surface area contributed by atoms with Crippen LogP contribution < -0.4 is 10.5 Å². The second-order valence-corrected chi connectivity index (χ2v) is 4.63. The molecule has 0 heterocycles. The van der Waals surface area contributed by atoms with Gasteiger partial charge in [-0.15, -0.1) is 0 Å². The molecule has 0 bridgehead atoms. The third-order valence-corrected chi connectivity index (χ3v) is 3.00. The molecule has 0 unspecified atom stereocenters. The van der Waals surface area contributed by atoms with Crippen molar-refractivity contribution in [3.63, 3.8) is 0 Å². The molecule has 104 valence electrons. The van der Waals surface area contributed by atoms with Crippen molar-refractivity contribution in [1.82, 2.24) is 0 Å². The average Bonchev–Trinajstić information content (AvgIpc) is 2.43. The fraction of sp³-hybridized carbons (Fsp3) is 0.133. The molecule has 5 heteroatoms. The lowest BCUT2D eigenvalue weighted by molar-refractivity contribution is 0.298. The van der Waals surface area contributed by atoms with Crippen molar-refractivity contribution in [2.75, 3.05) is 6.61 Å². The van der Waals surface area contributed by atoms with Gasteiger partial charge >= 0.3 is 0 Å². The summed E-state index contributed by atoms with van der Waals surface area (Å²) in [6.07, 6.45) is 0.472. The Morgan fingerprint density at radius 2 is 1.95 bits per heavy atom. The summed E-state index contributed by atoms with van der Waals surface area (Å²) >= 11 is 4.90. The van der Waals surface area contributed by atoms with E-state index in [0.29, 0.717) is 23.5 Å². The Balaban J connectivity index is 2.37.